The highest BCUT2D eigenvalue weighted by Crippen LogP contribution is 2.38. The molecule has 0 saturated carbocycles. The Morgan fingerprint density at radius 3 is 3.00 bits per heavy atom. The van der Waals surface area contributed by atoms with Crippen LogP contribution in [-0.4, -0.2) is 10.7 Å². The van der Waals surface area contributed by atoms with Gasteiger partial charge in [-0.3, -0.25) is 4.79 Å². The van der Waals surface area contributed by atoms with Crippen LogP contribution in [0.25, 0.3) is 0 Å². The van der Waals surface area contributed by atoms with Crippen molar-refractivity contribution in [1.82, 2.24) is 0 Å². The zero-order valence-electron chi connectivity index (χ0n) is 8.84. The minimum Gasteiger partial charge on any atom is -0.316 e. The van der Waals surface area contributed by atoms with E-state index in [0.29, 0.717) is 10.6 Å². The lowest BCUT2D eigenvalue weighted by Crippen LogP contribution is -2.19. The molecule has 0 radical (unpaired) electrons. The van der Waals surface area contributed by atoms with Crippen molar-refractivity contribution < 1.29 is 4.79 Å². The highest BCUT2D eigenvalue weighted by molar-refractivity contribution is 9.10. The summed E-state index contributed by atoms with van der Waals surface area (Å²) in [5.41, 5.74) is 1.81. The Kier molecular flexibility index (Phi) is 3.31. The fraction of sp³-hybridized carbons (Fsp3) is 0.455. The average Bonchev–Trinajstić information content (AvgIpc) is 2.77. The number of hydrogen-bond acceptors (Lipinski definition) is 3. The number of halogens is 1. The van der Waals surface area contributed by atoms with Gasteiger partial charge >= 0.3 is 0 Å². The maximum Gasteiger partial charge on any atom is 0.238 e. The number of fused-ring (bicyclic) bond motifs is 1. The number of nitrogens with zero attached hydrogens (tertiary/aromatic N) is 1. The first-order valence-electron chi connectivity index (χ1n) is 5.13. The molecule has 1 aromatic heterocycles. The van der Waals surface area contributed by atoms with Crippen molar-refractivity contribution in [3.8, 4) is 6.07 Å². The molecule has 0 spiro atoms. The van der Waals surface area contributed by atoms with Gasteiger partial charge in [-0.2, -0.15) is 5.26 Å². The van der Waals surface area contributed by atoms with Crippen LogP contribution in [0.1, 0.15) is 29.3 Å². The normalized spacial score (nSPS) is 15.3. The predicted octanol–water partition coefficient (Wildman–Crippen LogP) is 2.83. The summed E-state index contributed by atoms with van der Waals surface area (Å²) in [4.78, 5) is 12.6. The minimum absolute atomic E-state index is 0.101. The van der Waals surface area contributed by atoms with Crippen molar-refractivity contribution >= 4 is 38.2 Å². The standard InChI is InChI=1S/C11H11BrN2OS/c1-6(12)10(15)14-11-8(5-13)7-3-2-4-9(7)16-11/h6H,2-4H2,1H3,(H,14,15). The summed E-state index contributed by atoms with van der Waals surface area (Å²) in [7, 11) is 0. The van der Waals surface area contributed by atoms with Gasteiger partial charge < -0.3 is 5.32 Å². The summed E-state index contributed by atoms with van der Waals surface area (Å²) < 4.78 is 0. The van der Waals surface area contributed by atoms with Crippen LogP contribution in [-0.2, 0) is 17.6 Å². The van der Waals surface area contributed by atoms with Gasteiger partial charge in [-0.05, 0) is 31.7 Å². The molecule has 2 rings (SSSR count). The van der Waals surface area contributed by atoms with Gasteiger partial charge in [0.1, 0.15) is 11.1 Å². The van der Waals surface area contributed by atoms with Gasteiger partial charge in [-0.15, -0.1) is 11.3 Å². The molecule has 5 heteroatoms. The molecule has 1 N–H and O–H groups in total. The fourth-order valence-corrected chi connectivity index (χ4v) is 3.18. The Morgan fingerprint density at radius 2 is 2.38 bits per heavy atom. The number of thiophene rings is 1. The Labute approximate surface area is 107 Å². The van der Waals surface area contributed by atoms with E-state index < -0.39 is 0 Å². The smallest absolute Gasteiger partial charge is 0.238 e. The van der Waals surface area contributed by atoms with Crippen LogP contribution >= 0.6 is 27.3 Å². The molecule has 0 saturated heterocycles. The monoisotopic (exact) mass is 298 g/mol. The highest BCUT2D eigenvalue weighted by Gasteiger charge is 2.23. The number of carbonyl (C=O) groups is 1. The van der Waals surface area contributed by atoms with Gasteiger partial charge in [0, 0.05) is 4.88 Å². The number of nitrogens with one attached hydrogen (secondary N) is 1. The van der Waals surface area contributed by atoms with Crippen molar-refractivity contribution in [3.63, 3.8) is 0 Å². The molecule has 1 aromatic rings. The fourth-order valence-electron chi connectivity index (χ4n) is 1.82. The molecule has 0 aliphatic heterocycles. The van der Waals surface area contributed by atoms with Gasteiger partial charge in [0.25, 0.3) is 0 Å². The summed E-state index contributed by atoms with van der Waals surface area (Å²) in [5, 5.41) is 12.6. The van der Waals surface area contributed by atoms with E-state index in [0.717, 1.165) is 24.8 Å². The van der Waals surface area contributed by atoms with E-state index in [2.05, 4.69) is 27.3 Å². The summed E-state index contributed by atoms with van der Waals surface area (Å²) in [5.74, 6) is -0.101. The number of carbonyl (C=O) groups excluding carboxylic acids is 1. The topological polar surface area (TPSA) is 52.9 Å². The van der Waals surface area contributed by atoms with Crippen LogP contribution < -0.4 is 5.32 Å². The first-order valence-corrected chi connectivity index (χ1v) is 6.86. The van der Waals surface area contributed by atoms with Gasteiger partial charge in [-0.1, -0.05) is 15.9 Å². The number of aryl methyl sites for hydroxylation is 1. The third-order valence-corrected chi connectivity index (χ3v) is 4.25. The van der Waals surface area contributed by atoms with Crippen molar-refractivity contribution in [1.29, 1.82) is 5.26 Å². The van der Waals surface area contributed by atoms with Crippen LogP contribution in [0.5, 0.6) is 0 Å². The molecule has 0 aromatic carbocycles. The molecule has 3 nitrogen and oxygen atoms in total. The van der Waals surface area contributed by atoms with Gasteiger partial charge in [0.2, 0.25) is 5.91 Å². The zero-order chi connectivity index (χ0) is 11.7. The third kappa shape index (κ3) is 2.00. The summed E-state index contributed by atoms with van der Waals surface area (Å²) >= 11 is 4.75. The molecule has 1 atom stereocenters. The molecule has 1 unspecified atom stereocenters. The lowest BCUT2D eigenvalue weighted by atomic mass is 10.1. The van der Waals surface area contributed by atoms with Crippen LogP contribution in [0.15, 0.2) is 0 Å². The van der Waals surface area contributed by atoms with E-state index in [1.807, 2.05) is 0 Å². The number of nitriles is 1. The zero-order valence-corrected chi connectivity index (χ0v) is 11.2. The van der Waals surface area contributed by atoms with Crippen molar-refractivity contribution in [2.24, 2.45) is 0 Å². The second-order valence-electron chi connectivity index (χ2n) is 3.78. The maximum absolute atomic E-state index is 11.5. The second-order valence-corrected chi connectivity index (χ2v) is 6.26. The number of hydrogen-bond donors (Lipinski definition) is 1. The molecule has 0 bridgehead atoms. The van der Waals surface area contributed by atoms with E-state index >= 15 is 0 Å². The predicted molar refractivity (Wildman–Crippen MR) is 68.1 cm³/mol. The molecule has 1 aliphatic rings. The van der Waals surface area contributed by atoms with Gasteiger partial charge in [0.05, 0.1) is 10.4 Å². The Morgan fingerprint density at radius 1 is 1.62 bits per heavy atom. The number of alkyl halides is 1. The van der Waals surface area contributed by atoms with E-state index in [4.69, 9.17) is 5.26 Å². The summed E-state index contributed by atoms with van der Waals surface area (Å²) in [6, 6.07) is 2.20. The number of amides is 1. The number of rotatable bonds is 2. The summed E-state index contributed by atoms with van der Waals surface area (Å²) in [6.07, 6.45) is 3.13. The average molecular weight is 299 g/mol. The van der Waals surface area contributed by atoms with Gasteiger partial charge in [-0.25, -0.2) is 0 Å². The second kappa shape index (κ2) is 4.56. The Balaban J connectivity index is 2.29. The Hall–Kier alpha value is -0.860. The van der Waals surface area contributed by atoms with E-state index in [1.54, 1.807) is 18.3 Å². The van der Waals surface area contributed by atoms with E-state index in [-0.39, 0.29) is 10.7 Å². The van der Waals surface area contributed by atoms with Crippen molar-refractivity contribution in [2.45, 2.75) is 31.0 Å². The van der Waals surface area contributed by atoms with E-state index in [1.165, 1.54) is 4.88 Å². The van der Waals surface area contributed by atoms with Crippen molar-refractivity contribution in [2.75, 3.05) is 5.32 Å². The first-order chi connectivity index (χ1) is 7.63. The maximum atomic E-state index is 11.5. The molecule has 1 amide bonds. The van der Waals surface area contributed by atoms with Crippen LogP contribution in [0, 0.1) is 11.3 Å². The highest BCUT2D eigenvalue weighted by atomic mass is 79.9. The lowest BCUT2D eigenvalue weighted by molar-refractivity contribution is -0.115. The van der Waals surface area contributed by atoms with Crippen LogP contribution in [0.3, 0.4) is 0 Å². The minimum atomic E-state index is -0.240. The molecule has 0 fully saturated rings. The molecular weight excluding hydrogens is 288 g/mol. The lowest BCUT2D eigenvalue weighted by Gasteiger charge is -2.04. The molecule has 1 heterocycles. The Bertz CT molecular complexity index is 473. The van der Waals surface area contributed by atoms with E-state index in [9.17, 15) is 4.79 Å². The molecule has 84 valence electrons. The quantitative estimate of drug-likeness (QED) is 0.854. The largest absolute Gasteiger partial charge is 0.316 e. The summed E-state index contributed by atoms with van der Waals surface area (Å²) in [6.45, 7) is 1.77. The molecule has 16 heavy (non-hydrogen) atoms. The SMILES string of the molecule is CC(Br)C(=O)Nc1sc2c(c1C#N)CCC2. The third-order valence-electron chi connectivity index (χ3n) is 2.63. The van der Waals surface area contributed by atoms with Crippen molar-refractivity contribution in [3.05, 3.63) is 16.0 Å². The van der Waals surface area contributed by atoms with Crippen LogP contribution in [0.4, 0.5) is 5.00 Å². The van der Waals surface area contributed by atoms with Crippen LogP contribution in [0.2, 0.25) is 0 Å². The molecular formula is C11H11BrN2OS. The van der Waals surface area contributed by atoms with Gasteiger partial charge in [0.15, 0.2) is 0 Å². The number of anilines is 1. The first kappa shape index (κ1) is 11.6. The molecule has 1 aliphatic carbocycles.